The van der Waals surface area contributed by atoms with Gasteiger partial charge in [0.25, 0.3) is 5.91 Å². The minimum atomic E-state index is -1.11. The maximum absolute atomic E-state index is 13.5. The molecule has 7 rings (SSSR count). The topological polar surface area (TPSA) is 135 Å². The van der Waals surface area contributed by atoms with Crippen LogP contribution in [-0.4, -0.2) is 76.1 Å². The third-order valence-corrected chi connectivity index (χ3v) is 8.40. The van der Waals surface area contributed by atoms with Gasteiger partial charge in [-0.25, -0.2) is 24.0 Å². The second kappa shape index (κ2) is 9.75. The Kier molecular flexibility index (Phi) is 5.99. The Morgan fingerprint density at radius 2 is 1.88 bits per heavy atom. The van der Waals surface area contributed by atoms with Gasteiger partial charge in [0.2, 0.25) is 5.82 Å². The molecule has 12 heteroatoms. The second-order valence-corrected chi connectivity index (χ2v) is 11.3. The number of amides is 1. The number of carboxylic acids is 1. The molecule has 0 bridgehead atoms. The van der Waals surface area contributed by atoms with Crippen LogP contribution in [0.25, 0.3) is 11.3 Å². The second-order valence-electron chi connectivity index (χ2n) is 11.3. The van der Waals surface area contributed by atoms with E-state index in [0.717, 1.165) is 36.5 Å². The number of aromatic carboxylic acids is 1. The number of rotatable bonds is 5. The van der Waals surface area contributed by atoms with E-state index in [0.29, 0.717) is 30.0 Å². The fourth-order valence-corrected chi connectivity index (χ4v) is 6.05. The number of carboxylic acid groups (broad SMARTS) is 1. The first-order valence-corrected chi connectivity index (χ1v) is 13.9. The molecule has 1 atom stereocenters. The minimum absolute atomic E-state index is 0.0680. The van der Waals surface area contributed by atoms with Crippen molar-refractivity contribution in [3.05, 3.63) is 95.0 Å². The van der Waals surface area contributed by atoms with E-state index in [9.17, 15) is 14.7 Å². The summed E-state index contributed by atoms with van der Waals surface area (Å²) in [6.45, 7) is 6.83. The number of nitrogens with zero attached hydrogens (tertiary/aromatic N) is 9. The van der Waals surface area contributed by atoms with E-state index in [-0.39, 0.29) is 29.4 Å². The Morgan fingerprint density at radius 3 is 2.69 bits per heavy atom. The van der Waals surface area contributed by atoms with Gasteiger partial charge in [-0.1, -0.05) is 42.5 Å². The molecule has 4 aromatic heterocycles. The number of anilines is 1. The van der Waals surface area contributed by atoms with Gasteiger partial charge in [0.1, 0.15) is 11.4 Å². The van der Waals surface area contributed by atoms with E-state index in [2.05, 4.69) is 67.5 Å². The van der Waals surface area contributed by atoms with Gasteiger partial charge in [-0.2, -0.15) is 0 Å². The Bertz CT molecular complexity index is 1850. The highest BCUT2D eigenvalue weighted by molar-refractivity contribution is 5.91. The van der Waals surface area contributed by atoms with E-state index < -0.39 is 5.97 Å². The predicted octanol–water partition coefficient (Wildman–Crippen LogP) is 3.08. The van der Waals surface area contributed by atoms with Crippen molar-refractivity contribution in [2.75, 3.05) is 24.5 Å². The van der Waals surface area contributed by atoms with Gasteiger partial charge in [-0.15, -0.1) is 10.2 Å². The minimum Gasteiger partial charge on any atom is -0.477 e. The number of hydrogen-bond acceptors (Lipinski definition) is 8. The summed E-state index contributed by atoms with van der Waals surface area (Å²) in [5.41, 5.74) is 6.05. The number of pyridine rings is 2. The van der Waals surface area contributed by atoms with Gasteiger partial charge in [0.15, 0.2) is 5.65 Å². The highest BCUT2D eigenvalue weighted by Crippen LogP contribution is 2.36. The van der Waals surface area contributed by atoms with Crippen LogP contribution in [0.3, 0.4) is 0 Å². The zero-order valence-electron chi connectivity index (χ0n) is 23.3. The Balaban J connectivity index is 1.11. The van der Waals surface area contributed by atoms with Crippen LogP contribution < -0.4 is 4.90 Å². The number of aryl methyl sites for hydroxylation is 1. The standard InChI is InChI=1S/C30H29N9O3/c1-19-14-22(37-13-10-30(2,18-37)20-6-4-3-5-7-20)16-38-27(19)32-26(34-38)28(40)36-12-9-25-24(17-36)33-35-39(25)21-8-11-31-23(15-21)29(41)42/h3-8,11,14-16H,9-10,12-13,17-18H2,1-2H3,(H,41,42)/t30-/m0/s1. The van der Waals surface area contributed by atoms with E-state index in [1.54, 1.807) is 20.2 Å². The maximum Gasteiger partial charge on any atom is 0.354 e. The molecule has 2 aliphatic rings. The normalized spacial score (nSPS) is 18.4. The Hall–Kier alpha value is -5.13. The molecule has 1 N–H and O–H groups in total. The quantitative estimate of drug-likeness (QED) is 0.342. The molecule has 212 valence electrons. The van der Waals surface area contributed by atoms with Crippen LogP contribution >= 0.6 is 0 Å². The van der Waals surface area contributed by atoms with Gasteiger partial charge >= 0.3 is 5.97 Å². The summed E-state index contributed by atoms with van der Waals surface area (Å²) >= 11 is 0. The van der Waals surface area contributed by atoms with Crippen molar-refractivity contribution in [2.45, 2.75) is 38.6 Å². The summed E-state index contributed by atoms with van der Waals surface area (Å²) in [5.74, 6) is -1.24. The summed E-state index contributed by atoms with van der Waals surface area (Å²) in [7, 11) is 0. The molecule has 0 unspecified atom stereocenters. The maximum atomic E-state index is 13.5. The van der Waals surface area contributed by atoms with Gasteiger partial charge in [0.05, 0.1) is 29.8 Å². The molecule has 0 radical (unpaired) electrons. The molecule has 0 spiro atoms. The Labute approximate surface area is 241 Å². The molecular weight excluding hydrogens is 534 g/mol. The summed E-state index contributed by atoms with van der Waals surface area (Å²) in [6.07, 6.45) is 4.95. The Morgan fingerprint density at radius 1 is 1.05 bits per heavy atom. The van der Waals surface area contributed by atoms with E-state index >= 15 is 0 Å². The molecule has 2 aliphatic heterocycles. The van der Waals surface area contributed by atoms with Crippen LogP contribution in [0, 0.1) is 6.92 Å². The first-order valence-electron chi connectivity index (χ1n) is 13.9. The summed E-state index contributed by atoms with van der Waals surface area (Å²) in [6, 6.07) is 15.9. The van der Waals surface area contributed by atoms with Crippen LogP contribution in [0.2, 0.25) is 0 Å². The average Bonchev–Trinajstić information content (AvgIpc) is 3.74. The van der Waals surface area contributed by atoms with Gasteiger partial charge in [0, 0.05) is 37.7 Å². The highest BCUT2D eigenvalue weighted by Gasteiger charge is 2.36. The first-order chi connectivity index (χ1) is 20.3. The molecule has 5 aromatic rings. The van der Waals surface area contributed by atoms with Crippen LogP contribution in [0.5, 0.6) is 0 Å². The molecular formula is C30H29N9O3. The van der Waals surface area contributed by atoms with E-state index in [1.807, 2.05) is 19.2 Å². The van der Waals surface area contributed by atoms with Gasteiger partial charge in [-0.05, 0) is 42.7 Å². The zero-order valence-corrected chi connectivity index (χ0v) is 23.3. The lowest BCUT2D eigenvalue weighted by molar-refractivity contribution is 0.0687. The van der Waals surface area contributed by atoms with Crippen molar-refractivity contribution >= 4 is 23.2 Å². The predicted molar refractivity (Wildman–Crippen MR) is 153 cm³/mol. The molecule has 12 nitrogen and oxygen atoms in total. The zero-order chi connectivity index (χ0) is 29.0. The number of hydrogen-bond donors (Lipinski definition) is 1. The van der Waals surface area contributed by atoms with E-state index in [4.69, 9.17) is 0 Å². The fraction of sp³-hybridized carbons (Fsp3) is 0.300. The molecule has 1 saturated heterocycles. The number of carbonyl (C=O) groups is 2. The van der Waals surface area contributed by atoms with E-state index in [1.165, 1.54) is 17.8 Å². The van der Waals surface area contributed by atoms with Crippen LogP contribution in [0.1, 0.15) is 57.0 Å². The average molecular weight is 564 g/mol. The lowest BCUT2D eigenvalue weighted by atomic mass is 9.82. The number of benzene rings is 1. The largest absolute Gasteiger partial charge is 0.477 e. The van der Waals surface area contributed by atoms with Crippen molar-refractivity contribution < 1.29 is 14.7 Å². The van der Waals surface area contributed by atoms with Crippen LogP contribution in [0.15, 0.2) is 60.9 Å². The molecule has 42 heavy (non-hydrogen) atoms. The van der Waals surface area contributed by atoms with Crippen molar-refractivity contribution in [3.8, 4) is 5.69 Å². The van der Waals surface area contributed by atoms with Gasteiger partial charge in [-0.3, -0.25) is 4.79 Å². The lowest BCUT2D eigenvalue weighted by Crippen LogP contribution is -2.37. The molecule has 1 fully saturated rings. The molecule has 6 heterocycles. The summed E-state index contributed by atoms with van der Waals surface area (Å²) in [5, 5.41) is 22.4. The lowest BCUT2D eigenvalue weighted by Gasteiger charge is -2.26. The molecule has 1 aromatic carbocycles. The third kappa shape index (κ3) is 4.35. The SMILES string of the molecule is Cc1cc(N2CC[C@](C)(c3ccccc3)C2)cn2nc(C(=O)N3CCc4c(nnn4-c4ccnc(C(=O)O)c4)C3)nc12. The van der Waals surface area contributed by atoms with Crippen molar-refractivity contribution in [1.82, 2.24) is 39.5 Å². The third-order valence-electron chi connectivity index (χ3n) is 8.40. The fourth-order valence-electron chi connectivity index (χ4n) is 6.05. The number of aromatic nitrogens is 7. The van der Waals surface area contributed by atoms with Gasteiger partial charge < -0.3 is 14.9 Å². The monoisotopic (exact) mass is 563 g/mol. The smallest absolute Gasteiger partial charge is 0.354 e. The molecule has 0 saturated carbocycles. The van der Waals surface area contributed by atoms with Crippen LogP contribution in [-0.2, 0) is 18.4 Å². The van der Waals surface area contributed by atoms with Crippen molar-refractivity contribution in [3.63, 3.8) is 0 Å². The van der Waals surface area contributed by atoms with Crippen molar-refractivity contribution in [1.29, 1.82) is 0 Å². The summed E-state index contributed by atoms with van der Waals surface area (Å²) in [4.78, 5) is 37.4. The first kappa shape index (κ1) is 25.8. The highest BCUT2D eigenvalue weighted by atomic mass is 16.4. The van der Waals surface area contributed by atoms with Crippen molar-refractivity contribution in [2.24, 2.45) is 0 Å². The number of carbonyl (C=O) groups excluding carboxylic acids is 1. The van der Waals surface area contributed by atoms with Crippen LogP contribution in [0.4, 0.5) is 5.69 Å². The number of fused-ring (bicyclic) bond motifs is 2. The summed E-state index contributed by atoms with van der Waals surface area (Å²) < 4.78 is 3.33. The molecule has 1 amide bonds. The molecule has 0 aliphatic carbocycles.